The molecule has 1 aliphatic rings. The van der Waals surface area contributed by atoms with Crippen molar-refractivity contribution in [3.63, 3.8) is 0 Å². The van der Waals surface area contributed by atoms with Crippen LogP contribution in [0, 0.1) is 11.6 Å². The molecule has 0 unspecified atom stereocenters. The second-order valence-electron chi connectivity index (χ2n) is 9.44. The number of rotatable bonds is 6. The number of esters is 1. The highest BCUT2D eigenvalue weighted by molar-refractivity contribution is 6.18. The van der Waals surface area contributed by atoms with E-state index < -0.39 is 35.0 Å². The van der Waals surface area contributed by atoms with Gasteiger partial charge < -0.3 is 24.5 Å². The zero-order chi connectivity index (χ0) is 26.2. The quantitative estimate of drug-likeness (QED) is 0.498. The number of halogens is 2. The summed E-state index contributed by atoms with van der Waals surface area (Å²) < 4.78 is 38.3. The number of nitrogens with zero attached hydrogens (tertiary/aromatic N) is 2. The number of ether oxygens (including phenoxy) is 2. The van der Waals surface area contributed by atoms with Gasteiger partial charge in [0.05, 0.1) is 35.0 Å². The number of carbonyl (C=O) groups excluding carboxylic acids is 2. The molecule has 0 bridgehead atoms. The molecule has 1 aromatic carbocycles. The summed E-state index contributed by atoms with van der Waals surface area (Å²) in [6.45, 7) is 7.19. The molecule has 3 aromatic rings. The first-order valence-corrected chi connectivity index (χ1v) is 11.5. The van der Waals surface area contributed by atoms with Crippen LogP contribution in [0.1, 0.15) is 49.3 Å². The maximum absolute atomic E-state index is 13.9. The van der Waals surface area contributed by atoms with E-state index in [-0.39, 0.29) is 30.9 Å². The van der Waals surface area contributed by atoms with Gasteiger partial charge in [-0.1, -0.05) is 13.8 Å². The summed E-state index contributed by atoms with van der Waals surface area (Å²) in [5.74, 6) is -3.18. The Balaban J connectivity index is 1.88. The number of carbonyl (C=O) groups is 2. The molecule has 0 fully saturated rings. The van der Waals surface area contributed by atoms with Crippen molar-refractivity contribution in [1.82, 2.24) is 14.9 Å². The van der Waals surface area contributed by atoms with Crippen molar-refractivity contribution >= 4 is 28.5 Å². The van der Waals surface area contributed by atoms with Crippen LogP contribution in [0.25, 0.3) is 16.6 Å². The van der Waals surface area contributed by atoms with Crippen LogP contribution in [0.15, 0.2) is 36.5 Å². The van der Waals surface area contributed by atoms with Gasteiger partial charge in [-0.15, -0.1) is 0 Å². The van der Waals surface area contributed by atoms with E-state index in [1.165, 1.54) is 17.2 Å². The van der Waals surface area contributed by atoms with Crippen molar-refractivity contribution in [2.75, 3.05) is 19.8 Å². The highest BCUT2D eigenvalue weighted by atomic mass is 19.2. The standard InChI is InChI=1S/C26H27F2N3O5/c1-14(2)36-25(34)16-12-31(24(33)15-5-6-17(27)18(28)11-15)13-26(3,4)21-22(16)29-19-7-8-20(30-23(19)21)35-10-9-32/h5-8,11-12,14,29,32H,9-10,13H2,1-4H3. The van der Waals surface area contributed by atoms with Crippen molar-refractivity contribution in [3.8, 4) is 5.88 Å². The highest BCUT2D eigenvalue weighted by Gasteiger charge is 2.38. The number of nitrogens with one attached hydrogen (secondary N) is 1. The first-order chi connectivity index (χ1) is 17.0. The van der Waals surface area contributed by atoms with Crippen molar-refractivity contribution < 1.29 is 33.0 Å². The number of hydrogen-bond donors (Lipinski definition) is 2. The fraction of sp³-hybridized carbons (Fsp3) is 0.346. The van der Waals surface area contributed by atoms with Gasteiger partial charge in [-0.2, -0.15) is 0 Å². The third-order valence-corrected chi connectivity index (χ3v) is 5.74. The van der Waals surface area contributed by atoms with Crippen LogP contribution >= 0.6 is 0 Å². The third kappa shape index (κ3) is 4.81. The van der Waals surface area contributed by atoms with Gasteiger partial charge in [-0.05, 0) is 38.1 Å². The van der Waals surface area contributed by atoms with E-state index in [1.807, 2.05) is 13.8 Å². The summed E-state index contributed by atoms with van der Waals surface area (Å²) in [5.41, 5.74) is 1.57. The van der Waals surface area contributed by atoms with Gasteiger partial charge in [0, 0.05) is 35.4 Å². The molecule has 4 rings (SSSR count). The molecule has 36 heavy (non-hydrogen) atoms. The number of aromatic nitrogens is 2. The second-order valence-corrected chi connectivity index (χ2v) is 9.44. The van der Waals surface area contributed by atoms with Gasteiger partial charge in [0.2, 0.25) is 5.88 Å². The van der Waals surface area contributed by atoms with Crippen LogP contribution in [0.2, 0.25) is 0 Å². The Morgan fingerprint density at radius 1 is 1.19 bits per heavy atom. The minimum atomic E-state index is -1.14. The topological polar surface area (TPSA) is 105 Å². The molecule has 0 saturated carbocycles. The highest BCUT2D eigenvalue weighted by Crippen LogP contribution is 2.40. The molecule has 2 N–H and O–H groups in total. The van der Waals surface area contributed by atoms with Gasteiger partial charge >= 0.3 is 5.97 Å². The van der Waals surface area contributed by atoms with Gasteiger partial charge in [0.25, 0.3) is 5.91 Å². The summed E-state index contributed by atoms with van der Waals surface area (Å²) >= 11 is 0. The van der Waals surface area contributed by atoms with Crippen molar-refractivity contribution in [3.05, 3.63) is 65.0 Å². The maximum Gasteiger partial charge on any atom is 0.342 e. The minimum absolute atomic E-state index is 0.0641. The van der Waals surface area contributed by atoms with Crippen LogP contribution < -0.4 is 4.74 Å². The molecule has 10 heteroatoms. The number of hydrogen-bond acceptors (Lipinski definition) is 6. The molecule has 190 valence electrons. The third-order valence-electron chi connectivity index (χ3n) is 5.74. The number of fused-ring (bicyclic) bond motifs is 3. The summed E-state index contributed by atoms with van der Waals surface area (Å²) in [4.78, 5) is 35.7. The molecular weight excluding hydrogens is 472 g/mol. The summed E-state index contributed by atoms with van der Waals surface area (Å²) in [6.07, 6.45) is 0.954. The number of amides is 1. The maximum atomic E-state index is 13.9. The zero-order valence-corrected chi connectivity index (χ0v) is 20.4. The van der Waals surface area contributed by atoms with E-state index in [4.69, 9.17) is 14.6 Å². The van der Waals surface area contributed by atoms with E-state index in [1.54, 1.807) is 26.0 Å². The lowest BCUT2D eigenvalue weighted by molar-refractivity contribution is -0.140. The number of aromatic amines is 1. The molecule has 8 nitrogen and oxygen atoms in total. The molecule has 3 heterocycles. The van der Waals surface area contributed by atoms with Crippen LogP contribution in [0.4, 0.5) is 8.78 Å². The van der Waals surface area contributed by atoms with Crippen molar-refractivity contribution in [2.45, 2.75) is 39.2 Å². The zero-order valence-electron chi connectivity index (χ0n) is 20.4. The summed E-state index contributed by atoms with van der Waals surface area (Å²) in [5, 5.41) is 9.09. The predicted octanol–water partition coefficient (Wildman–Crippen LogP) is 3.94. The first kappa shape index (κ1) is 25.3. The SMILES string of the molecule is CC(C)OC(=O)C1=CN(C(=O)c2ccc(F)c(F)c2)CC(C)(C)c2c1[nH]c1ccc(OCCO)nc21. The van der Waals surface area contributed by atoms with E-state index in [2.05, 4.69) is 9.97 Å². The summed E-state index contributed by atoms with van der Waals surface area (Å²) in [7, 11) is 0. The fourth-order valence-electron chi connectivity index (χ4n) is 4.27. The Labute approximate surface area is 206 Å². The molecule has 0 radical (unpaired) electrons. The van der Waals surface area contributed by atoms with E-state index in [9.17, 15) is 18.4 Å². The Morgan fingerprint density at radius 2 is 1.94 bits per heavy atom. The lowest BCUT2D eigenvalue weighted by atomic mass is 9.83. The summed E-state index contributed by atoms with van der Waals surface area (Å²) in [6, 6.07) is 6.32. The number of aliphatic hydroxyl groups excluding tert-OH is 1. The number of aliphatic hydroxyl groups is 1. The van der Waals surface area contributed by atoms with E-state index >= 15 is 0 Å². The van der Waals surface area contributed by atoms with Gasteiger partial charge in [-0.3, -0.25) is 4.79 Å². The van der Waals surface area contributed by atoms with E-state index in [0.29, 0.717) is 28.2 Å². The molecule has 0 saturated heterocycles. The molecule has 0 aliphatic carbocycles. The van der Waals surface area contributed by atoms with Crippen LogP contribution in [0.3, 0.4) is 0 Å². The van der Waals surface area contributed by atoms with Crippen LogP contribution in [-0.4, -0.2) is 57.7 Å². The average molecular weight is 500 g/mol. The molecule has 0 spiro atoms. The Hall–Kier alpha value is -3.79. The minimum Gasteiger partial charge on any atom is -0.475 e. The molecule has 1 amide bonds. The Morgan fingerprint density at radius 3 is 2.61 bits per heavy atom. The fourth-order valence-corrected chi connectivity index (χ4v) is 4.27. The lowest BCUT2D eigenvalue weighted by Crippen LogP contribution is -2.37. The smallest absolute Gasteiger partial charge is 0.342 e. The Kier molecular flexibility index (Phi) is 6.81. The van der Waals surface area contributed by atoms with E-state index in [0.717, 1.165) is 12.1 Å². The molecular formula is C26H27F2N3O5. The molecule has 0 atom stereocenters. The number of H-pyrrole nitrogens is 1. The average Bonchev–Trinajstić information content (AvgIpc) is 3.15. The van der Waals surface area contributed by atoms with Crippen LogP contribution in [0.5, 0.6) is 5.88 Å². The largest absolute Gasteiger partial charge is 0.475 e. The normalized spacial score (nSPS) is 14.9. The van der Waals surface area contributed by atoms with Gasteiger partial charge in [-0.25, -0.2) is 18.6 Å². The number of pyridine rings is 1. The van der Waals surface area contributed by atoms with Crippen molar-refractivity contribution in [2.24, 2.45) is 0 Å². The molecule has 1 aliphatic heterocycles. The lowest BCUT2D eigenvalue weighted by Gasteiger charge is -2.29. The monoisotopic (exact) mass is 499 g/mol. The van der Waals surface area contributed by atoms with Gasteiger partial charge in [0.15, 0.2) is 11.6 Å². The van der Waals surface area contributed by atoms with Crippen molar-refractivity contribution in [1.29, 1.82) is 0 Å². The Bertz CT molecular complexity index is 1360. The van der Waals surface area contributed by atoms with Gasteiger partial charge in [0.1, 0.15) is 6.61 Å². The number of benzene rings is 1. The molecule has 2 aromatic heterocycles. The van der Waals surface area contributed by atoms with Crippen LogP contribution in [-0.2, 0) is 14.9 Å². The predicted molar refractivity (Wildman–Crippen MR) is 128 cm³/mol. The second kappa shape index (κ2) is 9.69. The first-order valence-electron chi connectivity index (χ1n) is 11.5.